The first-order valence-corrected chi connectivity index (χ1v) is 12.1. The van der Waals surface area contributed by atoms with Crippen LogP contribution in [0.4, 0.5) is 0 Å². The van der Waals surface area contributed by atoms with Crippen LogP contribution in [0, 0.1) is 0 Å². The molecule has 1 aromatic carbocycles. The lowest BCUT2D eigenvalue weighted by atomic mass is 10.0. The van der Waals surface area contributed by atoms with E-state index in [0.717, 1.165) is 0 Å². The quantitative estimate of drug-likeness (QED) is 0.0953. The minimum atomic E-state index is -1.42. The highest BCUT2D eigenvalue weighted by Crippen LogP contribution is 2.07. The largest absolute Gasteiger partial charge is 0.481 e. The van der Waals surface area contributed by atoms with Gasteiger partial charge in [0.15, 0.2) is 0 Å². The lowest BCUT2D eigenvalue weighted by Crippen LogP contribution is -2.57. The van der Waals surface area contributed by atoms with Crippen LogP contribution in [-0.4, -0.2) is 76.5 Å². The molecular weight excluding hydrogens is 500 g/mol. The SMILES string of the molecule is NCCCCC(NC(=O)C(N)CC(=O)O)C(=O)NC(CCC(N)=O)C(=O)NC(Cc1ccccc1)C(=O)O. The summed E-state index contributed by atoms with van der Waals surface area (Å²) < 4.78 is 0. The number of hydrogen-bond donors (Lipinski definition) is 8. The maximum absolute atomic E-state index is 13.1. The van der Waals surface area contributed by atoms with Gasteiger partial charge < -0.3 is 43.4 Å². The van der Waals surface area contributed by atoms with Crippen LogP contribution in [0.2, 0.25) is 0 Å². The number of carbonyl (C=O) groups is 6. The monoisotopic (exact) mass is 536 g/mol. The zero-order valence-electron chi connectivity index (χ0n) is 20.9. The minimum Gasteiger partial charge on any atom is -0.481 e. The Labute approximate surface area is 219 Å². The summed E-state index contributed by atoms with van der Waals surface area (Å²) >= 11 is 0. The van der Waals surface area contributed by atoms with Crippen molar-refractivity contribution >= 4 is 35.6 Å². The maximum Gasteiger partial charge on any atom is 0.326 e. The number of hydrogen-bond acceptors (Lipinski definition) is 8. The van der Waals surface area contributed by atoms with Crippen LogP contribution in [0.1, 0.15) is 44.1 Å². The standard InChI is InChI=1S/C24H36N6O8/c25-11-5-4-8-16(28-21(34)15(26)13-20(32)33)22(35)29-17(9-10-19(27)31)23(36)30-18(24(37)38)12-14-6-2-1-3-7-14/h1-3,6-7,15-18H,4-5,8-13,25-26H2,(H2,27,31)(H,28,34)(H,29,35)(H,30,36)(H,32,33)(H,37,38). The van der Waals surface area contributed by atoms with Gasteiger partial charge in [-0.15, -0.1) is 0 Å². The van der Waals surface area contributed by atoms with Gasteiger partial charge in [-0.2, -0.15) is 0 Å². The topological polar surface area (TPSA) is 257 Å². The Bertz CT molecular complexity index is 974. The molecule has 0 aliphatic carbocycles. The highest BCUT2D eigenvalue weighted by atomic mass is 16.4. The first-order valence-electron chi connectivity index (χ1n) is 12.1. The van der Waals surface area contributed by atoms with E-state index in [4.69, 9.17) is 22.3 Å². The van der Waals surface area contributed by atoms with Gasteiger partial charge in [-0.05, 0) is 37.8 Å². The van der Waals surface area contributed by atoms with Gasteiger partial charge in [0, 0.05) is 12.8 Å². The second-order valence-electron chi connectivity index (χ2n) is 8.71. The minimum absolute atomic E-state index is 0.0301. The molecule has 0 bridgehead atoms. The van der Waals surface area contributed by atoms with Crippen LogP contribution >= 0.6 is 0 Å². The number of rotatable bonds is 18. The van der Waals surface area contributed by atoms with Crippen molar-refractivity contribution in [2.75, 3.05) is 6.54 Å². The fourth-order valence-electron chi connectivity index (χ4n) is 3.47. The molecule has 0 saturated carbocycles. The van der Waals surface area contributed by atoms with E-state index in [1.54, 1.807) is 30.3 Å². The van der Waals surface area contributed by atoms with Crippen LogP contribution in [0.5, 0.6) is 0 Å². The summed E-state index contributed by atoms with van der Waals surface area (Å²) in [5.74, 6) is -5.91. The Morgan fingerprint density at radius 3 is 1.87 bits per heavy atom. The predicted octanol–water partition coefficient (Wildman–Crippen LogP) is -2.04. The van der Waals surface area contributed by atoms with Crippen LogP contribution < -0.4 is 33.2 Å². The molecule has 4 atom stereocenters. The number of carbonyl (C=O) groups excluding carboxylic acids is 4. The van der Waals surface area contributed by atoms with E-state index in [1.807, 2.05) is 0 Å². The van der Waals surface area contributed by atoms with Crippen LogP contribution in [-0.2, 0) is 35.2 Å². The average molecular weight is 537 g/mol. The lowest BCUT2D eigenvalue weighted by Gasteiger charge is -2.25. The van der Waals surface area contributed by atoms with E-state index in [2.05, 4.69) is 16.0 Å². The van der Waals surface area contributed by atoms with Gasteiger partial charge in [-0.3, -0.25) is 24.0 Å². The summed E-state index contributed by atoms with van der Waals surface area (Å²) in [5.41, 5.74) is 16.9. The molecule has 4 amide bonds. The fraction of sp³-hybridized carbons (Fsp3) is 0.500. The summed E-state index contributed by atoms with van der Waals surface area (Å²) in [7, 11) is 0. The van der Waals surface area contributed by atoms with Gasteiger partial charge in [0.1, 0.15) is 18.1 Å². The van der Waals surface area contributed by atoms with Crippen LogP contribution in [0.3, 0.4) is 0 Å². The Kier molecular flexibility index (Phi) is 14.0. The predicted molar refractivity (Wildman–Crippen MR) is 135 cm³/mol. The Hall–Kier alpha value is -4.04. The van der Waals surface area contributed by atoms with E-state index in [1.165, 1.54) is 0 Å². The molecule has 38 heavy (non-hydrogen) atoms. The van der Waals surface area contributed by atoms with Crippen molar-refractivity contribution in [3.05, 3.63) is 35.9 Å². The molecule has 0 aliphatic rings. The van der Waals surface area contributed by atoms with Crippen LogP contribution in [0.15, 0.2) is 30.3 Å². The number of nitrogens with two attached hydrogens (primary N) is 3. The average Bonchev–Trinajstić information content (AvgIpc) is 2.85. The highest BCUT2D eigenvalue weighted by Gasteiger charge is 2.30. The van der Waals surface area contributed by atoms with Crippen LogP contribution in [0.25, 0.3) is 0 Å². The maximum atomic E-state index is 13.1. The molecule has 11 N–H and O–H groups in total. The highest BCUT2D eigenvalue weighted by molar-refractivity contribution is 5.95. The summed E-state index contributed by atoms with van der Waals surface area (Å²) in [6, 6.07) is 3.28. The molecule has 210 valence electrons. The molecule has 0 aromatic heterocycles. The number of nitrogens with one attached hydrogen (secondary N) is 3. The van der Waals surface area contributed by atoms with Gasteiger partial charge in [0.25, 0.3) is 0 Å². The Balaban J connectivity index is 3.04. The smallest absolute Gasteiger partial charge is 0.326 e. The summed E-state index contributed by atoms with van der Waals surface area (Å²) in [6.45, 7) is 0.322. The third-order valence-electron chi connectivity index (χ3n) is 5.52. The number of carboxylic acid groups (broad SMARTS) is 2. The second-order valence-corrected chi connectivity index (χ2v) is 8.71. The van der Waals surface area contributed by atoms with Gasteiger partial charge in [0.2, 0.25) is 23.6 Å². The molecule has 0 saturated heterocycles. The molecule has 0 fully saturated rings. The molecule has 4 unspecified atom stereocenters. The molecule has 1 aromatic rings. The zero-order chi connectivity index (χ0) is 28.7. The Morgan fingerprint density at radius 2 is 1.34 bits per heavy atom. The molecule has 14 nitrogen and oxygen atoms in total. The molecular formula is C24H36N6O8. The van der Waals surface area contributed by atoms with Crippen molar-refractivity contribution in [3.63, 3.8) is 0 Å². The number of amides is 4. The van der Waals surface area contributed by atoms with E-state index < -0.39 is 66.2 Å². The van der Waals surface area contributed by atoms with Gasteiger partial charge in [0.05, 0.1) is 12.5 Å². The Morgan fingerprint density at radius 1 is 0.789 bits per heavy atom. The van der Waals surface area contributed by atoms with Gasteiger partial charge in [-0.1, -0.05) is 30.3 Å². The van der Waals surface area contributed by atoms with E-state index >= 15 is 0 Å². The van der Waals surface area contributed by atoms with Crippen molar-refractivity contribution < 1.29 is 39.0 Å². The molecule has 0 spiro atoms. The molecule has 0 aliphatic heterocycles. The number of benzene rings is 1. The van der Waals surface area contributed by atoms with Crippen molar-refractivity contribution in [2.45, 2.75) is 69.1 Å². The second kappa shape index (κ2) is 16.7. The fourth-order valence-corrected chi connectivity index (χ4v) is 3.47. The molecule has 14 heteroatoms. The normalized spacial score (nSPS) is 13.8. The van der Waals surface area contributed by atoms with Crippen molar-refractivity contribution in [1.29, 1.82) is 0 Å². The van der Waals surface area contributed by atoms with Crippen molar-refractivity contribution in [2.24, 2.45) is 17.2 Å². The summed E-state index contributed by atoms with van der Waals surface area (Å²) in [6.07, 6.45) is -0.173. The summed E-state index contributed by atoms with van der Waals surface area (Å²) in [4.78, 5) is 72.4. The molecule has 1 rings (SSSR count). The lowest BCUT2D eigenvalue weighted by molar-refractivity contribution is -0.142. The van der Waals surface area contributed by atoms with Crippen molar-refractivity contribution in [1.82, 2.24) is 16.0 Å². The summed E-state index contributed by atoms with van der Waals surface area (Å²) in [5, 5.41) is 25.7. The van der Waals surface area contributed by atoms with E-state index in [9.17, 15) is 33.9 Å². The number of primary amides is 1. The van der Waals surface area contributed by atoms with E-state index in [-0.39, 0.29) is 25.7 Å². The first kappa shape index (κ1) is 32.0. The molecule has 0 radical (unpaired) electrons. The number of carboxylic acids is 2. The third kappa shape index (κ3) is 12.3. The van der Waals surface area contributed by atoms with Gasteiger partial charge >= 0.3 is 11.9 Å². The number of unbranched alkanes of at least 4 members (excludes halogenated alkanes) is 1. The zero-order valence-corrected chi connectivity index (χ0v) is 20.9. The number of aliphatic carboxylic acids is 2. The van der Waals surface area contributed by atoms with Gasteiger partial charge in [-0.25, -0.2) is 4.79 Å². The molecule has 0 heterocycles. The first-order chi connectivity index (χ1) is 17.9. The van der Waals surface area contributed by atoms with Crippen molar-refractivity contribution in [3.8, 4) is 0 Å². The third-order valence-corrected chi connectivity index (χ3v) is 5.52. The van der Waals surface area contributed by atoms with E-state index in [0.29, 0.717) is 24.9 Å².